The number of hydrogen-bond acceptors (Lipinski definition) is 3. The zero-order valence-electron chi connectivity index (χ0n) is 17.0. The van der Waals surface area contributed by atoms with E-state index in [1.54, 1.807) is 17.0 Å². The molecule has 1 fully saturated rings. The van der Waals surface area contributed by atoms with Crippen LogP contribution in [0.15, 0.2) is 48.5 Å². The summed E-state index contributed by atoms with van der Waals surface area (Å²) in [5.41, 5.74) is 1.62. The minimum absolute atomic E-state index is 0.0921. The van der Waals surface area contributed by atoms with Crippen LogP contribution in [0.3, 0.4) is 0 Å². The van der Waals surface area contributed by atoms with E-state index in [9.17, 15) is 9.59 Å². The Bertz CT molecular complexity index is 854. The van der Waals surface area contributed by atoms with Gasteiger partial charge in [0.05, 0.1) is 6.10 Å². The third kappa shape index (κ3) is 4.19. The second-order valence-electron chi connectivity index (χ2n) is 7.62. The highest BCUT2D eigenvalue weighted by atomic mass is 16.5. The summed E-state index contributed by atoms with van der Waals surface area (Å²) in [7, 11) is 0. The van der Waals surface area contributed by atoms with Crippen LogP contribution in [0.1, 0.15) is 39.2 Å². The van der Waals surface area contributed by atoms with Crippen LogP contribution in [0, 0.1) is 12.3 Å². The van der Waals surface area contributed by atoms with Gasteiger partial charge in [0.1, 0.15) is 11.2 Å². The van der Waals surface area contributed by atoms with Gasteiger partial charge in [-0.1, -0.05) is 12.1 Å². The number of amides is 2. The Labute approximate surface area is 166 Å². The average Bonchev–Trinajstić information content (AvgIpc) is 3.45. The predicted octanol–water partition coefficient (Wildman–Crippen LogP) is 4.55. The zero-order valence-corrected chi connectivity index (χ0v) is 17.0. The highest BCUT2D eigenvalue weighted by Gasteiger charge is 2.58. The number of anilines is 2. The molecule has 0 heterocycles. The molecule has 0 aliphatic heterocycles. The van der Waals surface area contributed by atoms with Crippen molar-refractivity contribution in [2.75, 3.05) is 16.8 Å². The normalized spacial score (nSPS) is 14.5. The van der Waals surface area contributed by atoms with Gasteiger partial charge in [0.2, 0.25) is 11.8 Å². The van der Waals surface area contributed by atoms with Gasteiger partial charge in [0.25, 0.3) is 0 Å². The molecule has 0 aromatic heterocycles. The van der Waals surface area contributed by atoms with Crippen LogP contribution in [0.25, 0.3) is 0 Å². The number of carbonyl (C=O) groups is 2. The summed E-state index contributed by atoms with van der Waals surface area (Å²) < 4.78 is 5.62. The maximum absolute atomic E-state index is 13.2. The second-order valence-corrected chi connectivity index (χ2v) is 7.62. The van der Waals surface area contributed by atoms with Crippen molar-refractivity contribution in [3.8, 4) is 5.75 Å². The van der Waals surface area contributed by atoms with Gasteiger partial charge in [0, 0.05) is 17.9 Å². The van der Waals surface area contributed by atoms with E-state index in [2.05, 4.69) is 5.32 Å². The fourth-order valence-corrected chi connectivity index (χ4v) is 3.30. The van der Waals surface area contributed by atoms with Gasteiger partial charge >= 0.3 is 0 Å². The molecule has 5 nitrogen and oxygen atoms in total. The van der Waals surface area contributed by atoms with E-state index in [-0.39, 0.29) is 17.9 Å². The first-order chi connectivity index (χ1) is 13.4. The molecule has 0 bridgehead atoms. The number of carbonyl (C=O) groups excluding carboxylic acids is 2. The van der Waals surface area contributed by atoms with Crippen LogP contribution < -0.4 is 15.0 Å². The molecule has 2 aromatic carbocycles. The number of rotatable bonds is 7. The van der Waals surface area contributed by atoms with E-state index < -0.39 is 5.41 Å². The molecular weight excluding hydrogens is 352 g/mol. The zero-order chi connectivity index (χ0) is 20.3. The van der Waals surface area contributed by atoms with Gasteiger partial charge in [-0.05, 0) is 82.5 Å². The number of nitrogens with one attached hydrogen (secondary N) is 1. The number of nitrogens with zero attached hydrogens (tertiary/aromatic N) is 1. The van der Waals surface area contributed by atoms with Gasteiger partial charge in [0.15, 0.2) is 0 Å². The Morgan fingerprint density at radius 2 is 1.82 bits per heavy atom. The van der Waals surface area contributed by atoms with Crippen molar-refractivity contribution in [3.05, 3.63) is 54.1 Å². The number of benzene rings is 2. The maximum Gasteiger partial charge on any atom is 0.242 e. The van der Waals surface area contributed by atoms with E-state index in [0.717, 1.165) is 17.0 Å². The van der Waals surface area contributed by atoms with Crippen molar-refractivity contribution in [1.29, 1.82) is 0 Å². The standard InChI is InChI=1S/C23H28N2O3/c1-5-25(19-8-6-7-17(4)15-19)22(27)23(13-14-23)21(26)24-18-9-11-20(12-10-18)28-16(2)3/h6-12,15-16H,5,13-14H2,1-4H3,(H,24,26). The number of ether oxygens (including phenoxy) is 1. The van der Waals surface area contributed by atoms with Crippen LogP contribution in [-0.4, -0.2) is 24.5 Å². The van der Waals surface area contributed by atoms with E-state index in [1.807, 2.05) is 64.1 Å². The van der Waals surface area contributed by atoms with E-state index >= 15 is 0 Å². The second kappa shape index (κ2) is 8.05. The molecular formula is C23H28N2O3. The van der Waals surface area contributed by atoms with Crippen LogP contribution in [0.4, 0.5) is 11.4 Å². The van der Waals surface area contributed by atoms with Gasteiger partial charge in [-0.15, -0.1) is 0 Å². The summed E-state index contributed by atoms with van der Waals surface area (Å²) in [6.45, 7) is 8.38. The lowest BCUT2D eigenvalue weighted by molar-refractivity contribution is -0.132. The summed E-state index contributed by atoms with van der Waals surface area (Å²) in [6, 6.07) is 15.1. The fraction of sp³-hybridized carbons (Fsp3) is 0.391. The molecule has 5 heteroatoms. The van der Waals surface area contributed by atoms with Crippen LogP contribution in [0.5, 0.6) is 5.75 Å². The highest BCUT2D eigenvalue weighted by molar-refractivity contribution is 6.17. The van der Waals surface area contributed by atoms with Gasteiger partial charge in [-0.2, -0.15) is 0 Å². The van der Waals surface area contributed by atoms with Crippen molar-refractivity contribution in [2.24, 2.45) is 5.41 Å². The molecule has 2 aromatic rings. The Morgan fingerprint density at radius 1 is 1.14 bits per heavy atom. The van der Waals surface area contributed by atoms with Crippen LogP contribution >= 0.6 is 0 Å². The molecule has 1 N–H and O–H groups in total. The summed E-state index contributed by atoms with van der Waals surface area (Å²) in [6.07, 6.45) is 1.25. The molecule has 0 spiro atoms. The third-order valence-electron chi connectivity index (χ3n) is 4.95. The highest BCUT2D eigenvalue weighted by Crippen LogP contribution is 2.48. The van der Waals surface area contributed by atoms with Crippen LogP contribution in [-0.2, 0) is 9.59 Å². The minimum atomic E-state index is -0.965. The SMILES string of the molecule is CCN(C(=O)C1(C(=O)Nc2ccc(OC(C)C)cc2)CC1)c1cccc(C)c1. The average molecular weight is 380 g/mol. The van der Waals surface area contributed by atoms with E-state index in [4.69, 9.17) is 4.74 Å². The quantitative estimate of drug-likeness (QED) is 0.717. The van der Waals surface area contributed by atoms with Crippen molar-refractivity contribution < 1.29 is 14.3 Å². The van der Waals surface area contributed by atoms with Crippen LogP contribution in [0.2, 0.25) is 0 Å². The van der Waals surface area contributed by atoms with Crippen molar-refractivity contribution in [2.45, 2.75) is 46.6 Å². The Hall–Kier alpha value is -2.82. The number of hydrogen-bond donors (Lipinski definition) is 1. The molecule has 0 saturated heterocycles. The lowest BCUT2D eigenvalue weighted by atomic mass is 10.0. The summed E-state index contributed by atoms with van der Waals surface area (Å²) >= 11 is 0. The topological polar surface area (TPSA) is 58.6 Å². The lowest BCUT2D eigenvalue weighted by Gasteiger charge is -2.26. The lowest BCUT2D eigenvalue weighted by Crippen LogP contribution is -2.43. The third-order valence-corrected chi connectivity index (χ3v) is 4.95. The summed E-state index contributed by atoms with van der Waals surface area (Å²) in [4.78, 5) is 27.9. The van der Waals surface area contributed by atoms with Gasteiger partial charge < -0.3 is 15.0 Å². The van der Waals surface area contributed by atoms with Gasteiger partial charge in [-0.3, -0.25) is 9.59 Å². The Balaban J connectivity index is 1.73. The fourth-order valence-electron chi connectivity index (χ4n) is 3.30. The van der Waals surface area contributed by atoms with Gasteiger partial charge in [-0.25, -0.2) is 0 Å². The first kappa shape index (κ1) is 19.9. The molecule has 28 heavy (non-hydrogen) atoms. The molecule has 1 saturated carbocycles. The summed E-state index contributed by atoms with van der Waals surface area (Å²) in [5, 5.41) is 2.91. The molecule has 0 unspecified atom stereocenters. The predicted molar refractivity (Wildman–Crippen MR) is 112 cm³/mol. The maximum atomic E-state index is 13.2. The first-order valence-corrected chi connectivity index (χ1v) is 9.82. The van der Waals surface area contributed by atoms with Crippen molar-refractivity contribution in [3.63, 3.8) is 0 Å². The van der Waals surface area contributed by atoms with Crippen molar-refractivity contribution in [1.82, 2.24) is 0 Å². The molecule has 2 amide bonds. The van der Waals surface area contributed by atoms with E-state index in [1.165, 1.54) is 0 Å². The molecule has 148 valence electrons. The Kier molecular flexibility index (Phi) is 5.73. The largest absolute Gasteiger partial charge is 0.491 e. The smallest absolute Gasteiger partial charge is 0.242 e. The van der Waals surface area contributed by atoms with Crippen molar-refractivity contribution >= 4 is 23.2 Å². The molecule has 3 rings (SSSR count). The minimum Gasteiger partial charge on any atom is -0.491 e. The molecule has 0 atom stereocenters. The summed E-state index contributed by atoms with van der Waals surface area (Å²) in [5.74, 6) is 0.390. The molecule has 1 aliphatic carbocycles. The first-order valence-electron chi connectivity index (χ1n) is 9.82. The Morgan fingerprint density at radius 3 is 2.36 bits per heavy atom. The number of aryl methyl sites for hydroxylation is 1. The molecule has 1 aliphatic rings. The molecule has 0 radical (unpaired) electrons. The van der Waals surface area contributed by atoms with E-state index in [0.29, 0.717) is 25.1 Å². The monoisotopic (exact) mass is 380 g/mol.